The van der Waals surface area contributed by atoms with E-state index >= 15 is 0 Å². The molecule has 0 amide bonds. The molecule has 0 bridgehead atoms. The van der Waals surface area contributed by atoms with Crippen LogP contribution in [-0.4, -0.2) is 57.2 Å². The van der Waals surface area contributed by atoms with Crippen LogP contribution in [0.5, 0.6) is 5.75 Å². The summed E-state index contributed by atoms with van der Waals surface area (Å²) in [6.07, 6.45) is 0.948. The van der Waals surface area contributed by atoms with Gasteiger partial charge in [0.1, 0.15) is 11.6 Å². The zero-order valence-corrected chi connectivity index (χ0v) is 19.2. The number of hydrogen-bond donors (Lipinski definition) is 1. The Morgan fingerprint density at radius 3 is 2.55 bits per heavy atom. The van der Waals surface area contributed by atoms with Crippen molar-refractivity contribution in [1.29, 1.82) is 0 Å². The van der Waals surface area contributed by atoms with Gasteiger partial charge in [0.15, 0.2) is 5.96 Å². The monoisotopic (exact) mass is 510 g/mol. The number of benzene rings is 2. The maximum absolute atomic E-state index is 14.0. The lowest BCUT2D eigenvalue weighted by Gasteiger charge is -2.37. The molecule has 1 aliphatic heterocycles. The summed E-state index contributed by atoms with van der Waals surface area (Å²) < 4.78 is 19.3. The van der Waals surface area contributed by atoms with Crippen molar-refractivity contribution in [1.82, 2.24) is 10.2 Å². The third-order valence-corrected chi connectivity index (χ3v) is 5.62. The molecule has 29 heavy (non-hydrogen) atoms. The van der Waals surface area contributed by atoms with E-state index in [1.165, 1.54) is 11.8 Å². The number of hydrogen-bond acceptors (Lipinski definition) is 3. The molecule has 2 aliphatic rings. The van der Waals surface area contributed by atoms with Gasteiger partial charge in [0.05, 0.1) is 7.11 Å². The molecule has 2 fully saturated rings. The molecule has 1 N–H and O–H groups in total. The van der Waals surface area contributed by atoms with Crippen molar-refractivity contribution >= 4 is 35.6 Å². The highest BCUT2D eigenvalue weighted by Crippen LogP contribution is 2.41. The second-order valence-corrected chi connectivity index (χ2v) is 7.34. The molecule has 1 saturated heterocycles. The van der Waals surface area contributed by atoms with Gasteiger partial charge in [-0.3, -0.25) is 4.99 Å². The summed E-state index contributed by atoms with van der Waals surface area (Å²) >= 11 is 0. The van der Waals surface area contributed by atoms with Gasteiger partial charge in [-0.1, -0.05) is 24.3 Å². The van der Waals surface area contributed by atoms with Crippen molar-refractivity contribution in [2.45, 2.75) is 18.4 Å². The Balaban J connectivity index is 0.00000240. The molecule has 156 valence electrons. The minimum atomic E-state index is -0.112. The molecule has 2 atom stereocenters. The summed E-state index contributed by atoms with van der Waals surface area (Å²) in [5.74, 6) is 1.91. The number of anilines is 1. The fourth-order valence-corrected chi connectivity index (χ4v) is 3.92. The normalized spacial score (nSPS) is 21.4. The number of nitrogens with zero attached hydrogens (tertiary/aromatic N) is 3. The van der Waals surface area contributed by atoms with E-state index in [4.69, 9.17) is 4.74 Å². The van der Waals surface area contributed by atoms with E-state index in [1.54, 1.807) is 13.2 Å². The van der Waals surface area contributed by atoms with E-state index < -0.39 is 0 Å². The van der Waals surface area contributed by atoms with Gasteiger partial charge in [-0.2, -0.15) is 0 Å². The molecule has 4 rings (SSSR count). The summed E-state index contributed by atoms with van der Waals surface area (Å²) in [7, 11) is 3.51. The first-order chi connectivity index (χ1) is 13.7. The number of nitrogens with one attached hydrogen (secondary N) is 1. The molecule has 5 nitrogen and oxygen atoms in total. The number of ether oxygens (including phenoxy) is 1. The number of aliphatic imine (C=N–C) groups is 1. The van der Waals surface area contributed by atoms with Gasteiger partial charge < -0.3 is 19.9 Å². The standard InChI is InChI=1S/C22H27FN4O.HI/c1-24-22(25-21-15-19(21)18-8-3-4-9-20(18)23)27-12-10-26(11-13-27)16-6-5-7-17(14-16)28-2;/h3-9,14,19,21H,10-13,15H2,1-2H3,(H,24,25);1H. The van der Waals surface area contributed by atoms with Crippen LogP contribution in [0.15, 0.2) is 53.5 Å². The van der Waals surface area contributed by atoms with Crippen LogP contribution in [0.2, 0.25) is 0 Å². The van der Waals surface area contributed by atoms with E-state index in [0.29, 0.717) is 0 Å². The van der Waals surface area contributed by atoms with Crippen molar-refractivity contribution in [2.24, 2.45) is 4.99 Å². The second-order valence-electron chi connectivity index (χ2n) is 7.34. The van der Waals surface area contributed by atoms with Crippen molar-refractivity contribution in [3.8, 4) is 5.75 Å². The summed E-state index contributed by atoms with van der Waals surface area (Å²) in [5.41, 5.74) is 1.99. The molecule has 1 aliphatic carbocycles. The van der Waals surface area contributed by atoms with Crippen molar-refractivity contribution < 1.29 is 9.13 Å². The first-order valence-electron chi connectivity index (χ1n) is 9.81. The lowest BCUT2D eigenvalue weighted by molar-refractivity contribution is 0.371. The van der Waals surface area contributed by atoms with E-state index in [1.807, 2.05) is 31.3 Å². The van der Waals surface area contributed by atoms with E-state index in [-0.39, 0.29) is 41.8 Å². The lowest BCUT2D eigenvalue weighted by Crippen LogP contribution is -2.53. The van der Waals surface area contributed by atoms with Gasteiger partial charge in [0.25, 0.3) is 0 Å². The van der Waals surface area contributed by atoms with Gasteiger partial charge in [-0.15, -0.1) is 24.0 Å². The van der Waals surface area contributed by atoms with E-state index in [9.17, 15) is 4.39 Å². The largest absolute Gasteiger partial charge is 0.497 e. The molecule has 0 aromatic heterocycles. The SMILES string of the molecule is CN=C(NC1CC1c1ccccc1F)N1CCN(c2cccc(OC)c2)CC1.I. The molecule has 2 unspecified atom stereocenters. The molecular formula is C22H28FIN4O. The highest BCUT2D eigenvalue weighted by Gasteiger charge is 2.41. The summed E-state index contributed by atoms with van der Waals surface area (Å²) in [6.45, 7) is 3.65. The van der Waals surface area contributed by atoms with Crippen LogP contribution < -0.4 is 15.0 Å². The third kappa shape index (κ3) is 4.94. The number of rotatable bonds is 4. The van der Waals surface area contributed by atoms with Crippen LogP contribution in [0.3, 0.4) is 0 Å². The molecule has 1 saturated carbocycles. The number of methoxy groups -OCH3 is 1. The fraction of sp³-hybridized carbons (Fsp3) is 0.409. The van der Waals surface area contributed by atoms with Gasteiger partial charge in [0.2, 0.25) is 0 Å². The Bertz CT molecular complexity index is 854. The Kier molecular flexibility index (Phi) is 7.21. The average Bonchev–Trinajstić information content (AvgIpc) is 3.51. The Hall–Kier alpha value is -2.03. The van der Waals surface area contributed by atoms with Crippen LogP contribution in [0.25, 0.3) is 0 Å². The zero-order valence-electron chi connectivity index (χ0n) is 16.8. The first kappa shape index (κ1) is 21.7. The summed E-state index contributed by atoms with van der Waals surface area (Å²) in [6, 6.07) is 15.5. The van der Waals surface area contributed by atoms with Crippen molar-refractivity contribution in [3.63, 3.8) is 0 Å². The third-order valence-electron chi connectivity index (χ3n) is 5.62. The summed E-state index contributed by atoms with van der Waals surface area (Å²) in [5, 5.41) is 3.53. The number of guanidine groups is 1. The minimum Gasteiger partial charge on any atom is -0.497 e. The smallest absolute Gasteiger partial charge is 0.194 e. The highest BCUT2D eigenvalue weighted by molar-refractivity contribution is 14.0. The maximum atomic E-state index is 14.0. The predicted octanol–water partition coefficient (Wildman–Crippen LogP) is 3.71. The molecule has 0 radical (unpaired) electrons. The van der Waals surface area contributed by atoms with Crippen LogP contribution in [-0.2, 0) is 0 Å². The van der Waals surface area contributed by atoms with Crippen LogP contribution in [0.4, 0.5) is 10.1 Å². The average molecular weight is 510 g/mol. The molecule has 1 heterocycles. The molecule has 0 spiro atoms. The van der Waals surface area contributed by atoms with Crippen molar-refractivity contribution in [3.05, 3.63) is 59.9 Å². The van der Waals surface area contributed by atoms with Gasteiger partial charge >= 0.3 is 0 Å². The predicted molar refractivity (Wildman–Crippen MR) is 126 cm³/mol. The Morgan fingerprint density at radius 2 is 1.86 bits per heavy atom. The fourth-order valence-electron chi connectivity index (χ4n) is 3.92. The molecule has 2 aromatic rings. The quantitative estimate of drug-likeness (QED) is 0.387. The topological polar surface area (TPSA) is 40.1 Å². The van der Waals surface area contributed by atoms with Gasteiger partial charge in [-0.05, 0) is 30.2 Å². The Labute approximate surface area is 189 Å². The van der Waals surface area contributed by atoms with Crippen LogP contribution >= 0.6 is 24.0 Å². The van der Waals surface area contributed by atoms with Crippen molar-refractivity contribution in [2.75, 3.05) is 45.2 Å². The van der Waals surface area contributed by atoms with Gasteiger partial charge in [0, 0.05) is 56.9 Å². The molecular weight excluding hydrogens is 482 g/mol. The highest BCUT2D eigenvalue weighted by atomic mass is 127. The minimum absolute atomic E-state index is 0. The maximum Gasteiger partial charge on any atom is 0.194 e. The molecule has 7 heteroatoms. The lowest BCUT2D eigenvalue weighted by atomic mass is 10.1. The first-order valence-corrected chi connectivity index (χ1v) is 9.81. The summed E-state index contributed by atoms with van der Waals surface area (Å²) in [4.78, 5) is 9.12. The van der Waals surface area contributed by atoms with Crippen LogP contribution in [0, 0.1) is 5.82 Å². The van der Waals surface area contributed by atoms with Crippen LogP contribution in [0.1, 0.15) is 17.9 Å². The molecule has 2 aromatic carbocycles. The number of halogens is 2. The Morgan fingerprint density at radius 1 is 1.10 bits per heavy atom. The van der Waals surface area contributed by atoms with E-state index in [0.717, 1.165) is 49.9 Å². The number of piperazine rings is 1. The second kappa shape index (κ2) is 9.65. The van der Waals surface area contributed by atoms with E-state index in [2.05, 4.69) is 32.2 Å². The van der Waals surface area contributed by atoms with Gasteiger partial charge in [-0.25, -0.2) is 4.39 Å². The zero-order chi connectivity index (χ0) is 19.5.